The molecule has 0 saturated carbocycles. The van der Waals surface area contributed by atoms with Crippen molar-refractivity contribution in [3.63, 3.8) is 0 Å². The molecule has 0 bridgehead atoms. The van der Waals surface area contributed by atoms with E-state index < -0.39 is 0 Å². The number of nitrogens with one attached hydrogen (secondary N) is 1. The highest BCUT2D eigenvalue weighted by molar-refractivity contribution is 7.20. The van der Waals surface area contributed by atoms with Crippen LogP contribution in [0, 0.1) is 20.8 Å². The highest BCUT2D eigenvalue weighted by Gasteiger charge is 2.23. The van der Waals surface area contributed by atoms with Crippen molar-refractivity contribution in [1.82, 2.24) is 19.3 Å². The average molecular weight is 448 g/mol. The fourth-order valence-electron chi connectivity index (χ4n) is 4.44. The number of carbonyl (C=O) groups is 1. The first-order valence-corrected chi connectivity index (χ1v) is 11.7. The minimum Gasteiger partial charge on any atom is -0.319 e. The summed E-state index contributed by atoms with van der Waals surface area (Å²) in [5.41, 5.74) is 4.04. The van der Waals surface area contributed by atoms with Crippen LogP contribution in [-0.4, -0.2) is 25.2 Å². The molecule has 8 heteroatoms. The third-order valence-corrected chi connectivity index (χ3v) is 7.19. The summed E-state index contributed by atoms with van der Waals surface area (Å²) >= 11 is 1.30. The predicted octanol–water partition coefficient (Wildman–Crippen LogP) is 4.55. The maximum atomic E-state index is 13.3. The Bertz CT molecular complexity index is 1410. The van der Waals surface area contributed by atoms with E-state index in [1.165, 1.54) is 11.3 Å². The smallest absolute Gasteiger partial charge is 0.266 e. The maximum absolute atomic E-state index is 13.3. The summed E-state index contributed by atoms with van der Waals surface area (Å²) in [4.78, 5) is 32.5. The number of aromatic nitrogens is 4. The number of aryl methyl sites for hydroxylation is 4. The van der Waals surface area contributed by atoms with Gasteiger partial charge in [-0.25, -0.2) is 9.67 Å². The first-order valence-electron chi connectivity index (χ1n) is 10.9. The van der Waals surface area contributed by atoms with Crippen LogP contribution >= 0.6 is 11.3 Å². The second kappa shape index (κ2) is 8.02. The van der Waals surface area contributed by atoms with E-state index in [-0.39, 0.29) is 11.5 Å². The van der Waals surface area contributed by atoms with Gasteiger partial charge in [-0.15, -0.1) is 11.3 Å². The molecule has 1 aromatic carbocycles. The quantitative estimate of drug-likeness (QED) is 0.500. The molecule has 1 N–H and O–H groups in total. The van der Waals surface area contributed by atoms with Gasteiger partial charge in [0.25, 0.3) is 11.5 Å². The fraction of sp³-hybridized carbons (Fsp3) is 0.333. The number of hydrogen-bond acceptors (Lipinski definition) is 5. The van der Waals surface area contributed by atoms with Gasteiger partial charge in [0, 0.05) is 18.7 Å². The Morgan fingerprint density at radius 2 is 1.94 bits per heavy atom. The molecular weight excluding hydrogens is 422 g/mol. The molecule has 7 nitrogen and oxygen atoms in total. The number of fused-ring (bicyclic) bond motifs is 2. The van der Waals surface area contributed by atoms with Crippen LogP contribution in [0.3, 0.4) is 0 Å². The van der Waals surface area contributed by atoms with Crippen molar-refractivity contribution >= 4 is 33.1 Å². The zero-order chi connectivity index (χ0) is 22.4. The Labute approximate surface area is 189 Å². The van der Waals surface area contributed by atoms with E-state index in [2.05, 4.69) is 10.4 Å². The van der Waals surface area contributed by atoms with Crippen LogP contribution in [0.25, 0.3) is 15.9 Å². The van der Waals surface area contributed by atoms with Crippen LogP contribution in [0.4, 0.5) is 5.69 Å². The van der Waals surface area contributed by atoms with Crippen LogP contribution in [0.5, 0.6) is 0 Å². The molecule has 0 fully saturated rings. The summed E-state index contributed by atoms with van der Waals surface area (Å²) in [5, 5.41) is 8.15. The van der Waals surface area contributed by atoms with Gasteiger partial charge in [-0.2, -0.15) is 5.10 Å². The number of amides is 1. The van der Waals surface area contributed by atoms with E-state index in [4.69, 9.17) is 4.98 Å². The third-order valence-electron chi connectivity index (χ3n) is 6.01. The molecule has 164 valence electrons. The molecular formula is C24H25N5O2S. The summed E-state index contributed by atoms with van der Waals surface area (Å²) in [6.07, 6.45) is 3.94. The van der Waals surface area contributed by atoms with Crippen LogP contribution in [0.15, 0.2) is 35.1 Å². The number of anilines is 1. The molecule has 1 amide bonds. The Balaban J connectivity index is 1.55. The molecule has 0 radical (unpaired) electrons. The lowest BCUT2D eigenvalue weighted by Crippen LogP contribution is -2.24. The largest absolute Gasteiger partial charge is 0.319 e. The molecule has 1 aliphatic rings. The number of hydrogen-bond donors (Lipinski definition) is 1. The Hall–Kier alpha value is -3.26. The molecule has 1 aliphatic heterocycles. The molecule has 5 rings (SSSR count). The van der Waals surface area contributed by atoms with Crippen LogP contribution in [-0.2, 0) is 13.0 Å². The minimum atomic E-state index is -0.237. The molecule has 3 aromatic heterocycles. The summed E-state index contributed by atoms with van der Waals surface area (Å²) in [6.45, 7) is 6.47. The van der Waals surface area contributed by atoms with Crippen molar-refractivity contribution in [2.75, 3.05) is 5.32 Å². The number of rotatable bonds is 3. The second-order valence-corrected chi connectivity index (χ2v) is 9.34. The summed E-state index contributed by atoms with van der Waals surface area (Å²) in [6, 6.07) is 9.59. The standard InChI is InChI=1S/C24H25N5O2S/c1-14-13-15(2)29(27-14)18-10-7-6-9-17(18)25-22(30)21-16(3)20-23(32-21)26-19-11-5-4-8-12-28(19)24(20)31/h6-7,9-10,13H,4-5,8,11-12H2,1-3H3,(H,25,30). The normalized spacial score (nSPS) is 13.7. The lowest BCUT2D eigenvalue weighted by atomic mass is 10.2. The van der Waals surface area contributed by atoms with Gasteiger partial charge < -0.3 is 5.32 Å². The molecule has 4 heterocycles. The number of benzene rings is 1. The van der Waals surface area contributed by atoms with Gasteiger partial charge in [0.05, 0.1) is 27.3 Å². The van der Waals surface area contributed by atoms with Gasteiger partial charge in [0.1, 0.15) is 10.7 Å². The molecule has 32 heavy (non-hydrogen) atoms. The Morgan fingerprint density at radius 1 is 1.12 bits per heavy atom. The van der Waals surface area contributed by atoms with E-state index in [0.717, 1.165) is 48.6 Å². The molecule has 0 aliphatic carbocycles. The summed E-state index contributed by atoms with van der Waals surface area (Å²) in [7, 11) is 0. The Kier molecular flexibility index (Phi) is 5.17. The molecule has 4 aromatic rings. The number of para-hydroxylation sites is 2. The van der Waals surface area contributed by atoms with Crippen molar-refractivity contribution in [2.24, 2.45) is 0 Å². The lowest BCUT2D eigenvalue weighted by molar-refractivity contribution is 0.103. The van der Waals surface area contributed by atoms with Gasteiger partial charge >= 0.3 is 0 Å². The molecule has 0 spiro atoms. The highest BCUT2D eigenvalue weighted by atomic mass is 32.1. The zero-order valence-corrected chi connectivity index (χ0v) is 19.3. The topological polar surface area (TPSA) is 81.8 Å². The summed E-state index contributed by atoms with van der Waals surface area (Å²) < 4.78 is 3.63. The highest BCUT2D eigenvalue weighted by Crippen LogP contribution is 2.30. The minimum absolute atomic E-state index is 0.0252. The first kappa shape index (κ1) is 20.6. The second-order valence-electron chi connectivity index (χ2n) is 8.34. The van der Waals surface area contributed by atoms with Crippen LogP contribution in [0.2, 0.25) is 0 Å². The van der Waals surface area contributed by atoms with E-state index in [9.17, 15) is 9.59 Å². The van der Waals surface area contributed by atoms with Crippen molar-refractivity contribution < 1.29 is 4.79 Å². The van der Waals surface area contributed by atoms with Gasteiger partial charge in [-0.1, -0.05) is 18.6 Å². The third kappa shape index (κ3) is 3.44. The van der Waals surface area contributed by atoms with E-state index in [1.807, 2.05) is 55.8 Å². The van der Waals surface area contributed by atoms with Crippen LogP contribution < -0.4 is 10.9 Å². The van der Waals surface area contributed by atoms with E-state index in [1.54, 1.807) is 4.57 Å². The van der Waals surface area contributed by atoms with Gasteiger partial charge in [0.15, 0.2) is 0 Å². The average Bonchev–Trinajstić information content (AvgIpc) is 3.16. The lowest BCUT2D eigenvalue weighted by Gasteiger charge is -2.12. The molecule has 0 saturated heterocycles. The van der Waals surface area contributed by atoms with Crippen molar-refractivity contribution in [3.8, 4) is 5.69 Å². The molecule has 0 unspecified atom stereocenters. The van der Waals surface area contributed by atoms with Gasteiger partial charge in [-0.3, -0.25) is 14.2 Å². The van der Waals surface area contributed by atoms with Crippen molar-refractivity contribution in [2.45, 2.75) is 53.0 Å². The van der Waals surface area contributed by atoms with Gasteiger partial charge in [-0.05, 0) is 57.4 Å². The monoisotopic (exact) mass is 447 g/mol. The van der Waals surface area contributed by atoms with E-state index in [0.29, 0.717) is 32.9 Å². The Morgan fingerprint density at radius 3 is 2.72 bits per heavy atom. The van der Waals surface area contributed by atoms with Gasteiger partial charge in [0.2, 0.25) is 0 Å². The summed E-state index contributed by atoms with van der Waals surface area (Å²) in [5.74, 6) is 0.599. The van der Waals surface area contributed by atoms with Crippen molar-refractivity contribution in [3.05, 3.63) is 68.3 Å². The SMILES string of the molecule is Cc1cc(C)n(-c2ccccc2NC(=O)c2sc3nc4n(c(=O)c3c2C)CCCCC4)n1. The number of carbonyl (C=O) groups excluding carboxylic acids is 1. The first-order chi connectivity index (χ1) is 15.4. The fourth-order valence-corrected chi connectivity index (χ4v) is 5.53. The van der Waals surface area contributed by atoms with Crippen molar-refractivity contribution in [1.29, 1.82) is 0 Å². The molecule has 0 atom stereocenters. The number of nitrogens with zero attached hydrogens (tertiary/aromatic N) is 4. The number of thiophene rings is 1. The maximum Gasteiger partial charge on any atom is 0.266 e. The zero-order valence-electron chi connectivity index (χ0n) is 18.4. The van der Waals surface area contributed by atoms with E-state index >= 15 is 0 Å². The predicted molar refractivity (Wildman–Crippen MR) is 127 cm³/mol. The van der Waals surface area contributed by atoms with Crippen LogP contribution in [0.1, 0.15) is 51.7 Å².